The third-order valence-corrected chi connectivity index (χ3v) is 8.63. The van der Waals surface area contributed by atoms with E-state index in [-0.39, 0.29) is 41.8 Å². The van der Waals surface area contributed by atoms with Crippen LogP contribution in [0.5, 0.6) is 0 Å². The summed E-state index contributed by atoms with van der Waals surface area (Å²) >= 11 is 0. The molecule has 4 N–H and O–H groups in total. The zero-order valence-corrected chi connectivity index (χ0v) is 28.5. The van der Waals surface area contributed by atoms with Crippen molar-refractivity contribution < 1.29 is 28.7 Å². The highest BCUT2D eigenvalue weighted by Gasteiger charge is 2.50. The summed E-state index contributed by atoms with van der Waals surface area (Å²) in [6.07, 6.45) is 4.97. The van der Waals surface area contributed by atoms with Gasteiger partial charge in [0.2, 0.25) is 23.7 Å². The first-order valence-electron chi connectivity index (χ1n) is 16.8. The first-order chi connectivity index (χ1) is 22.8. The number of hydrogen-bond donors (Lipinski definition) is 4. The quantitative estimate of drug-likeness (QED) is 0.211. The minimum atomic E-state index is -0.996. The number of amides is 5. The normalized spacial score (nSPS) is 19.6. The molecule has 4 atom stereocenters. The molecule has 1 aromatic heterocycles. The van der Waals surface area contributed by atoms with Crippen LogP contribution in [0, 0.1) is 17.8 Å². The van der Waals surface area contributed by atoms with Gasteiger partial charge < -0.3 is 25.6 Å². The van der Waals surface area contributed by atoms with Crippen LogP contribution in [-0.4, -0.2) is 87.8 Å². The van der Waals surface area contributed by atoms with Gasteiger partial charge in [-0.2, -0.15) is 0 Å². The number of Topliss-reactive ketones (excluding diaryl/α,β-unsaturated/α-hetero) is 1. The standard InChI is InChI=1S/C35H49N7O6/c1-22(2)18-26(29(43)35(5)21-48-35)38-32(46)28(20-24-10-7-6-8-11-24)39-31(45)27(19-23(3)4)40-34(47)42-16-12-25(13-17-42)30(44)41-33-36-14-9-15-37-33/h6-11,14-15,22-23,25-28H,12-13,16-21H2,1-5H3,(H,38,46)(H,39,45)(H,40,47)(H,36,37,41,44). The molecule has 0 spiro atoms. The minimum absolute atomic E-state index is 0.0596. The van der Waals surface area contributed by atoms with Gasteiger partial charge in [-0.1, -0.05) is 58.0 Å². The average Bonchev–Trinajstić information content (AvgIpc) is 3.82. The highest BCUT2D eigenvalue weighted by atomic mass is 16.6. The maximum absolute atomic E-state index is 13.8. The predicted molar refractivity (Wildman–Crippen MR) is 180 cm³/mol. The number of rotatable bonds is 15. The number of hydrogen-bond acceptors (Lipinski definition) is 8. The third kappa shape index (κ3) is 10.6. The fraction of sp³-hybridized carbons (Fsp3) is 0.571. The fourth-order valence-corrected chi connectivity index (χ4v) is 5.79. The van der Waals surface area contributed by atoms with Gasteiger partial charge in [-0.15, -0.1) is 0 Å². The topological polar surface area (TPSA) is 175 Å². The second-order valence-electron chi connectivity index (χ2n) is 13.8. The predicted octanol–water partition coefficient (Wildman–Crippen LogP) is 2.87. The molecular weight excluding hydrogens is 614 g/mol. The number of likely N-dealkylation sites (tertiary alicyclic amines) is 1. The molecular formula is C35H49N7O6. The van der Waals surface area contributed by atoms with Crippen molar-refractivity contribution in [1.29, 1.82) is 0 Å². The Morgan fingerprint density at radius 1 is 0.833 bits per heavy atom. The number of epoxide rings is 1. The average molecular weight is 664 g/mol. The summed E-state index contributed by atoms with van der Waals surface area (Å²) in [4.78, 5) is 76.6. The number of anilines is 1. The van der Waals surface area contributed by atoms with Crippen molar-refractivity contribution in [3.8, 4) is 0 Å². The number of piperidine rings is 1. The number of aromatic nitrogens is 2. The SMILES string of the molecule is CC(C)CC(NC(=O)N1CCC(C(=O)Nc2ncccn2)CC1)C(=O)NC(Cc1ccccc1)C(=O)NC(CC(C)C)C(=O)C1(C)CO1. The van der Waals surface area contributed by atoms with Crippen molar-refractivity contribution in [2.24, 2.45) is 17.8 Å². The van der Waals surface area contributed by atoms with E-state index in [0.29, 0.717) is 45.4 Å². The van der Waals surface area contributed by atoms with E-state index in [2.05, 4.69) is 31.2 Å². The molecule has 0 saturated carbocycles. The molecule has 13 heteroatoms. The van der Waals surface area contributed by atoms with E-state index >= 15 is 0 Å². The Morgan fingerprint density at radius 3 is 1.98 bits per heavy atom. The van der Waals surface area contributed by atoms with Gasteiger partial charge in [-0.05, 0) is 56.1 Å². The summed E-state index contributed by atoms with van der Waals surface area (Å²) in [7, 11) is 0. The summed E-state index contributed by atoms with van der Waals surface area (Å²) < 4.78 is 5.38. The number of benzene rings is 1. The lowest BCUT2D eigenvalue weighted by Gasteiger charge is -2.33. The number of nitrogens with zero attached hydrogens (tertiary/aromatic N) is 3. The molecule has 4 unspecified atom stereocenters. The Hall–Kier alpha value is -4.39. The maximum atomic E-state index is 13.8. The summed E-state index contributed by atoms with van der Waals surface area (Å²) in [6, 6.07) is 7.89. The molecule has 2 saturated heterocycles. The van der Waals surface area contributed by atoms with Crippen molar-refractivity contribution in [3.05, 3.63) is 54.4 Å². The van der Waals surface area contributed by atoms with Gasteiger partial charge in [0, 0.05) is 37.8 Å². The van der Waals surface area contributed by atoms with Crippen molar-refractivity contribution in [2.45, 2.75) is 90.4 Å². The molecule has 3 heterocycles. The van der Waals surface area contributed by atoms with Gasteiger partial charge in [0.05, 0.1) is 12.6 Å². The van der Waals surface area contributed by atoms with Gasteiger partial charge in [0.15, 0.2) is 5.78 Å². The van der Waals surface area contributed by atoms with E-state index in [0.717, 1.165) is 5.56 Å². The number of carbonyl (C=O) groups excluding carboxylic acids is 5. The first-order valence-corrected chi connectivity index (χ1v) is 16.8. The fourth-order valence-electron chi connectivity index (χ4n) is 5.79. The van der Waals surface area contributed by atoms with Crippen LogP contribution in [0.2, 0.25) is 0 Å². The van der Waals surface area contributed by atoms with E-state index in [1.54, 1.807) is 30.3 Å². The number of carbonyl (C=O) groups is 5. The van der Waals surface area contributed by atoms with Crippen LogP contribution in [0.3, 0.4) is 0 Å². The molecule has 48 heavy (non-hydrogen) atoms. The van der Waals surface area contributed by atoms with E-state index in [1.165, 1.54) is 0 Å². The Bertz CT molecular complexity index is 1410. The first kappa shape index (κ1) is 36.4. The van der Waals surface area contributed by atoms with Gasteiger partial charge in [-0.3, -0.25) is 24.5 Å². The van der Waals surface area contributed by atoms with Gasteiger partial charge in [0.25, 0.3) is 0 Å². The highest BCUT2D eigenvalue weighted by Crippen LogP contribution is 2.29. The van der Waals surface area contributed by atoms with Gasteiger partial charge in [-0.25, -0.2) is 14.8 Å². The van der Waals surface area contributed by atoms with Crippen LogP contribution in [0.4, 0.5) is 10.7 Å². The number of ether oxygens (including phenoxy) is 1. The van der Waals surface area contributed by atoms with Crippen LogP contribution >= 0.6 is 0 Å². The summed E-state index contributed by atoms with van der Waals surface area (Å²) in [5.74, 6) is -1.23. The molecule has 2 aliphatic rings. The maximum Gasteiger partial charge on any atom is 0.318 e. The second kappa shape index (κ2) is 16.6. The zero-order chi connectivity index (χ0) is 34.8. The van der Waals surface area contributed by atoms with Gasteiger partial charge in [0.1, 0.15) is 17.7 Å². The molecule has 2 aromatic rings. The van der Waals surface area contributed by atoms with Crippen LogP contribution in [0.15, 0.2) is 48.8 Å². The van der Waals surface area contributed by atoms with Crippen LogP contribution in [-0.2, 0) is 30.3 Å². The number of urea groups is 1. The second-order valence-corrected chi connectivity index (χ2v) is 13.8. The van der Waals surface area contributed by atoms with Crippen molar-refractivity contribution in [1.82, 2.24) is 30.8 Å². The van der Waals surface area contributed by atoms with Crippen molar-refractivity contribution >= 4 is 35.5 Å². The largest absolute Gasteiger partial charge is 0.361 e. The Kier molecular flexibility index (Phi) is 12.6. The van der Waals surface area contributed by atoms with E-state index in [4.69, 9.17) is 4.74 Å². The Balaban J connectivity index is 1.41. The van der Waals surface area contributed by atoms with E-state index in [1.807, 2.05) is 58.0 Å². The molecule has 5 amide bonds. The summed E-state index contributed by atoms with van der Waals surface area (Å²) in [5, 5.41) is 11.4. The third-order valence-electron chi connectivity index (χ3n) is 8.63. The highest BCUT2D eigenvalue weighted by molar-refractivity contribution is 5.98. The molecule has 260 valence electrons. The molecule has 0 aliphatic carbocycles. The number of nitrogens with one attached hydrogen (secondary N) is 4. The molecule has 2 fully saturated rings. The van der Waals surface area contributed by atoms with Crippen LogP contribution in [0.1, 0.15) is 65.9 Å². The Labute approximate surface area is 282 Å². The smallest absolute Gasteiger partial charge is 0.318 e. The monoisotopic (exact) mass is 663 g/mol. The number of ketones is 1. The van der Waals surface area contributed by atoms with E-state index in [9.17, 15) is 24.0 Å². The molecule has 1 aromatic carbocycles. The summed E-state index contributed by atoms with van der Waals surface area (Å²) in [6.45, 7) is 10.5. The molecule has 2 aliphatic heterocycles. The lowest BCUT2D eigenvalue weighted by atomic mass is 9.93. The molecule has 13 nitrogen and oxygen atoms in total. The zero-order valence-electron chi connectivity index (χ0n) is 28.5. The van der Waals surface area contributed by atoms with Crippen molar-refractivity contribution in [3.63, 3.8) is 0 Å². The Morgan fingerprint density at radius 2 is 1.40 bits per heavy atom. The molecule has 0 bridgehead atoms. The molecule has 0 radical (unpaired) electrons. The van der Waals surface area contributed by atoms with Crippen LogP contribution < -0.4 is 21.3 Å². The molecule has 4 rings (SSSR count). The lowest BCUT2D eigenvalue weighted by Crippen LogP contribution is -2.58. The summed E-state index contributed by atoms with van der Waals surface area (Å²) in [5.41, 5.74) is -0.0796. The van der Waals surface area contributed by atoms with Gasteiger partial charge >= 0.3 is 6.03 Å². The minimum Gasteiger partial charge on any atom is -0.361 e. The van der Waals surface area contributed by atoms with E-state index < -0.39 is 41.6 Å². The van der Waals surface area contributed by atoms with Crippen molar-refractivity contribution in [2.75, 3.05) is 25.0 Å². The lowest BCUT2D eigenvalue weighted by molar-refractivity contribution is -0.133. The van der Waals surface area contributed by atoms with Crippen LogP contribution in [0.25, 0.3) is 0 Å².